The minimum Gasteiger partial charge on any atom is -0.460 e. The van der Waals surface area contributed by atoms with Crippen LogP contribution in [0.25, 0.3) is 11.3 Å². The zero-order valence-corrected chi connectivity index (χ0v) is 14.3. The van der Waals surface area contributed by atoms with E-state index in [1.54, 1.807) is 11.3 Å². The molecule has 5 heteroatoms. The van der Waals surface area contributed by atoms with Crippen LogP contribution in [0.15, 0.2) is 39.6 Å². The summed E-state index contributed by atoms with van der Waals surface area (Å²) in [5, 5.41) is 4.20. The zero-order chi connectivity index (χ0) is 15.9. The van der Waals surface area contributed by atoms with Crippen LogP contribution in [0.5, 0.6) is 0 Å². The summed E-state index contributed by atoms with van der Waals surface area (Å²) in [5.74, 6) is 3.68. The van der Waals surface area contributed by atoms with E-state index >= 15 is 0 Å². The first-order chi connectivity index (χ1) is 11.8. The molecular formula is C19H19N3OS. The lowest BCUT2D eigenvalue weighted by molar-refractivity contribution is 0.224. The van der Waals surface area contributed by atoms with E-state index in [2.05, 4.69) is 38.8 Å². The van der Waals surface area contributed by atoms with Gasteiger partial charge in [-0.15, -0.1) is 0 Å². The first kappa shape index (κ1) is 14.4. The predicted molar refractivity (Wildman–Crippen MR) is 93.8 cm³/mol. The summed E-state index contributed by atoms with van der Waals surface area (Å²) in [6.07, 6.45) is 5.57. The molecule has 5 rings (SSSR count). The topological polar surface area (TPSA) is 42.2 Å². The smallest absolute Gasteiger partial charge is 0.135 e. The van der Waals surface area contributed by atoms with Crippen LogP contribution in [0.1, 0.15) is 41.6 Å². The second-order valence-electron chi connectivity index (χ2n) is 6.71. The second kappa shape index (κ2) is 5.83. The number of hydrogen-bond acceptors (Lipinski definition) is 5. The molecule has 3 aromatic heterocycles. The Labute approximate surface area is 145 Å². The summed E-state index contributed by atoms with van der Waals surface area (Å²) in [6.45, 7) is 2.78. The lowest BCUT2D eigenvalue weighted by atomic mass is 10.1. The normalized spacial score (nSPS) is 17.8. The van der Waals surface area contributed by atoms with E-state index in [1.165, 1.54) is 24.1 Å². The van der Waals surface area contributed by atoms with Crippen molar-refractivity contribution in [1.82, 2.24) is 14.9 Å². The number of furan rings is 1. The van der Waals surface area contributed by atoms with Gasteiger partial charge in [-0.3, -0.25) is 4.90 Å². The van der Waals surface area contributed by atoms with Crippen LogP contribution in [0.4, 0.5) is 0 Å². The van der Waals surface area contributed by atoms with Crippen molar-refractivity contribution in [2.24, 2.45) is 0 Å². The number of nitrogens with zero attached hydrogens (tertiary/aromatic N) is 3. The molecular weight excluding hydrogens is 318 g/mol. The lowest BCUT2D eigenvalue weighted by Gasteiger charge is -2.27. The third-order valence-corrected chi connectivity index (χ3v) is 5.50. The standard InChI is InChI=1S/C19H19N3OS/c1-2-13(1)19-20-9-15-10-22(7-5-17(15)21-19)11-16-3-4-18(23-16)14-6-8-24-12-14/h3-4,6,8-9,12-13H,1-2,5,7,10-11H2. The maximum Gasteiger partial charge on any atom is 0.135 e. The molecule has 0 atom stereocenters. The molecule has 0 saturated heterocycles. The van der Waals surface area contributed by atoms with Gasteiger partial charge in [-0.1, -0.05) is 0 Å². The molecule has 122 valence electrons. The molecule has 1 aliphatic carbocycles. The van der Waals surface area contributed by atoms with Crippen molar-refractivity contribution in [2.45, 2.75) is 38.3 Å². The van der Waals surface area contributed by atoms with Gasteiger partial charge >= 0.3 is 0 Å². The molecule has 1 fully saturated rings. The minimum atomic E-state index is 0.631. The molecule has 0 N–H and O–H groups in total. The van der Waals surface area contributed by atoms with Crippen molar-refractivity contribution >= 4 is 11.3 Å². The van der Waals surface area contributed by atoms with E-state index in [-0.39, 0.29) is 0 Å². The van der Waals surface area contributed by atoms with Gasteiger partial charge in [-0.25, -0.2) is 9.97 Å². The number of fused-ring (bicyclic) bond motifs is 1. The Morgan fingerprint density at radius 2 is 2.21 bits per heavy atom. The molecule has 0 unspecified atom stereocenters. The van der Waals surface area contributed by atoms with Crippen LogP contribution >= 0.6 is 11.3 Å². The molecule has 0 amide bonds. The molecule has 1 aliphatic heterocycles. The van der Waals surface area contributed by atoms with E-state index in [0.29, 0.717) is 5.92 Å². The SMILES string of the molecule is c1cc(-c2ccc(CN3CCc4nc(C5CC5)ncc4C3)o2)cs1. The molecule has 2 aliphatic rings. The summed E-state index contributed by atoms with van der Waals surface area (Å²) in [7, 11) is 0. The van der Waals surface area contributed by atoms with Crippen LogP contribution < -0.4 is 0 Å². The Kier molecular flexibility index (Phi) is 3.49. The first-order valence-corrected chi connectivity index (χ1v) is 9.48. The maximum atomic E-state index is 6.01. The van der Waals surface area contributed by atoms with Gasteiger partial charge in [0, 0.05) is 53.8 Å². The molecule has 4 heterocycles. The molecule has 24 heavy (non-hydrogen) atoms. The Bertz CT molecular complexity index is 851. The van der Waals surface area contributed by atoms with Gasteiger partial charge in [-0.05, 0) is 36.4 Å². The Morgan fingerprint density at radius 3 is 3.04 bits per heavy atom. The Morgan fingerprint density at radius 1 is 1.25 bits per heavy atom. The highest BCUT2D eigenvalue weighted by Crippen LogP contribution is 2.38. The van der Waals surface area contributed by atoms with Crippen molar-refractivity contribution in [2.75, 3.05) is 6.54 Å². The quantitative estimate of drug-likeness (QED) is 0.714. The van der Waals surface area contributed by atoms with E-state index in [0.717, 1.165) is 49.0 Å². The highest BCUT2D eigenvalue weighted by molar-refractivity contribution is 7.08. The van der Waals surface area contributed by atoms with Crippen LogP contribution in [-0.4, -0.2) is 21.4 Å². The van der Waals surface area contributed by atoms with E-state index in [9.17, 15) is 0 Å². The monoisotopic (exact) mass is 337 g/mol. The third-order valence-electron chi connectivity index (χ3n) is 4.82. The summed E-state index contributed by atoms with van der Waals surface area (Å²) in [5.41, 5.74) is 3.69. The van der Waals surface area contributed by atoms with E-state index < -0.39 is 0 Å². The average Bonchev–Trinajstić information content (AvgIpc) is 3.11. The fourth-order valence-electron chi connectivity index (χ4n) is 3.31. The van der Waals surface area contributed by atoms with Crippen molar-refractivity contribution in [3.63, 3.8) is 0 Å². The van der Waals surface area contributed by atoms with Gasteiger partial charge in [0.25, 0.3) is 0 Å². The third kappa shape index (κ3) is 2.78. The lowest BCUT2D eigenvalue weighted by Crippen LogP contribution is -2.31. The molecule has 0 aromatic carbocycles. The molecule has 1 saturated carbocycles. The zero-order valence-electron chi connectivity index (χ0n) is 13.4. The molecule has 0 spiro atoms. The molecule has 0 bridgehead atoms. The van der Waals surface area contributed by atoms with Gasteiger partial charge in [0.05, 0.1) is 6.54 Å². The van der Waals surface area contributed by atoms with Crippen LogP contribution in [0.3, 0.4) is 0 Å². The van der Waals surface area contributed by atoms with Crippen molar-refractivity contribution in [3.05, 3.63) is 58.0 Å². The van der Waals surface area contributed by atoms with Gasteiger partial charge in [-0.2, -0.15) is 11.3 Å². The summed E-state index contributed by atoms with van der Waals surface area (Å²) >= 11 is 1.69. The Hall–Kier alpha value is -1.98. The van der Waals surface area contributed by atoms with Gasteiger partial charge in [0.15, 0.2) is 0 Å². The van der Waals surface area contributed by atoms with Crippen molar-refractivity contribution in [1.29, 1.82) is 0 Å². The summed E-state index contributed by atoms with van der Waals surface area (Å²) in [6, 6.07) is 6.26. The summed E-state index contributed by atoms with van der Waals surface area (Å²) < 4.78 is 6.01. The van der Waals surface area contributed by atoms with E-state index in [1.807, 2.05) is 6.20 Å². The number of hydrogen-bond donors (Lipinski definition) is 0. The molecule has 0 radical (unpaired) electrons. The highest BCUT2D eigenvalue weighted by Gasteiger charge is 2.28. The van der Waals surface area contributed by atoms with Gasteiger partial charge in [0.1, 0.15) is 17.3 Å². The fourth-order valence-corrected chi connectivity index (χ4v) is 3.95. The molecule has 3 aromatic rings. The number of aromatic nitrogens is 2. The van der Waals surface area contributed by atoms with Crippen LogP contribution in [0.2, 0.25) is 0 Å². The second-order valence-corrected chi connectivity index (χ2v) is 7.49. The summed E-state index contributed by atoms with van der Waals surface area (Å²) in [4.78, 5) is 11.8. The number of rotatable bonds is 4. The maximum absolute atomic E-state index is 6.01. The largest absolute Gasteiger partial charge is 0.460 e. The fraction of sp³-hybridized carbons (Fsp3) is 0.368. The minimum absolute atomic E-state index is 0.631. The highest BCUT2D eigenvalue weighted by atomic mass is 32.1. The molecule has 4 nitrogen and oxygen atoms in total. The average molecular weight is 337 g/mol. The van der Waals surface area contributed by atoms with Gasteiger partial charge in [0.2, 0.25) is 0 Å². The Balaban J connectivity index is 1.29. The van der Waals surface area contributed by atoms with Crippen LogP contribution in [0, 0.1) is 0 Å². The number of thiophene rings is 1. The van der Waals surface area contributed by atoms with E-state index in [4.69, 9.17) is 9.40 Å². The van der Waals surface area contributed by atoms with Crippen molar-refractivity contribution < 1.29 is 4.42 Å². The first-order valence-electron chi connectivity index (χ1n) is 8.53. The predicted octanol–water partition coefficient (Wildman–Crippen LogP) is 4.23. The van der Waals surface area contributed by atoms with Crippen molar-refractivity contribution in [3.8, 4) is 11.3 Å². The van der Waals surface area contributed by atoms with Gasteiger partial charge < -0.3 is 4.42 Å². The van der Waals surface area contributed by atoms with Crippen LogP contribution in [-0.2, 0) is 19.5 Å².